The zero-order valence-corrected chi connectivity index (χ0v) is 14.2. The van der Waals surface area contributed by atoms with Gasteiger partial charge in [0.15, 0.2) is 0 Å². The molecule has 0 radical (unpaired) electrons. The van der Waals surface area contributed by atoms with Gasteiger partial charge in [-0.25, -0.2) is 0 Å². The standard InChI is InChI=1S/C18H31N2O2/c1-16(2)22-15-18(21)14-20(3)11-9-19(10-12-20)13-17-7-5-4-6-8-17/h4-8,16,18,21H,9-15H2,1-3H3/q+1. The van der Waals surface area contributed by atoms with Crippen LogP contribution in [0.5, 0.6) is 0 Å². The van der Waals surface area contributed by atoms with E-state index < -0.39 is 0 Å². The summed E-state index contributed by atoms with van der Waals surface area (Å²) in [4.78, 5) is 2.51. The summed E-state index contributed by atoms with van der Waals surface area (Å²) in [5.41, 5.74) is 1.38. The van der Waals surface area contributed by atoms with E-state index in [-0.39, 0.29) is 12.2 Å². The number of ether oxygens (including phenoxy) is 1. The van der Waals surface area contributed by atoms with Crippen LogP contribution in [0.15, 0.2) is 30.3 Å². The van der Waals surface area contributed by atoms with Gasteiger partial charge in [-0.15, -0.1) is 0 Å². The van der Waals surface area contributed by atoms with E-state index >= 15 is 0 Å². The fourth-order valence-corrected chi connectivity index (χ4v) is 3.04. The topological polar surface area (TPSA) is 32.7 Å². The van der Waals surface area contributed by atoms with E-state index in [2.05, 4.69) is 42.3 Å². The summed E-state index contributed by atoms with van der Waals surface area (Å²) < 4.78 is 6.46. The van der Waals surface area contributed by atoms with Gasteiger partial charge in [0, 0.05) is 19.6 Å². The first-order valence-electron chi connectivity index (χ1n) is 8.36. The van der Waals surface area contributed by atoms with Crippen LogP contribution in [-0.2, 0) is 11.3 Å². The number of nitrogens with zero attached hydrogens (tertiary/aromatic N) is 2. The molecule has 0 saturated carbocycles. The van der Waals surface area contributed by atoms with E-state index in [0.717, 1.165) is 43.8 Å². The minimum atomic E-state index is -0.368. The Bertz CT molecular complexity index is 428. The third-order valence-electron chi connectivity index (χ3n) is 4.43. The third kappa shape index (κ3) is 5.69. The normalized spacial score (nSPS) is 20.2. The maximum absolute atomic E-state index is 10.2. The summed E-state index contributed by atoms with van der Waals surface area (Å²) in [6.45, 7) is 10.6. The Morgan fingerprint density at radius 1 is 1.18 bits per heavy atom. The molecule has 0 spiro atoms. The number of aliphatic hydroxyl groups excluding tert-OH is 1. The lowest BCUT2D eigenvalue weighted by Crippen LogP contribution is -2.59. The maximum atomic E-state index is 10.2. The van der Waals surface area contributed by atoms with Crippen LogP contribution in [0.4, 0.5) is 0 Å². The Morgan fingerprint density at radius 3 is 2.41 bits per heavy atom. The monoisotopic (exact) mass is 307 g/mol. The Hall–Kier alpha value is -0.940. The molecule has 1 heterocycles. The van der Waals surface area contributed by atoms with Crippen molar-refractivity contribution in [2.75, 3.05) is 46.4 Å². The molecule has 1 fully saturated rings. The van der Waals surface area contributed by atoms with Gasteiger partial charge in [-0.1, -0.05) is 30.3 Å². The first-order valence-corrected chi connectivity index (χ1v) is 8.36. The number of piperazine rings is 1. The Kier molecular flexibility index (Phi) is 6.38. The molecule has 0 aromatic heterocycles. The zero-order chi connectivity index (χ0) is 16.0. The molecule has 1 atom stereocenters. The zero-order valence-electron chi connectivity index (χ0n) is 14.2. The highest BCUT2D eigenvalue weighted by Crippen LogP contribution is 2.14. The van der Waals surface area contributed by atoms with Gasteiger partial charge in [-0.05, 0) is 19.4 Å². The highest BCUT2D eigenvalue weighted by atomic mass is 16.5. The number of likely N-dealkylation sites (N-methyl/N-ethyl adjacent to an activating group) is 1. The summed E-state index contributed by atoms with van der Waals surface area (Å²) in [7, 11) is 2.25. The van der Waals surface area contributed by atoms with Crippen molar-refractivity contribution in [3.63, 3.8) is 0 Å². The number of quaternary nitrogens is 1. The predicted molar refractivity (Wildman–Crippen MR) is 89.6 cm³/mol. The molecule has 0 bridgehead atoms. The van der Waals surface area contributed by atoms with E-state index in [9.17, 15) is 5.11 Å². The van der Waals surface area contributed by atoms with Gasteiger partial charge in [0.1, 0.15) is 12.6 Å². The lowest BCUT2D eigenvalue weighted by Gasteiger charge is -2.43. The molecular weight excluding hydrogens is 276 g/mol. The van der Waals surface area contributed by atoms with Gasteiger partial charge < -0.3 is 14.3 Å². The van der Waals surface area contributed by atoms with E-state index in [1.54, 1.807) is 0 Å². The fourth-order valence-electron chi connectivity index (χ4n) is 3.04. The first-order chi connectivity index (χ1) is 10.5. The Morgan fingerprint density at radius 2 is 1.82 bits per heavy atom. The molecule has 1 unspecified atom stereocenters. The van der Waals surface area contributed by atoms with Crippen molar-refractivity contribution in [2.45, 2.75) is 32.6 Å². The highest BCUT2D eigenvalue weighted by molar-refractivity contribution is 5.14. The van der Waals surface area contributed by atoms with Crippen molar-refractivity contribution in [1.82, 2.24) is 4.90 Å². The lowest BCUT2D eigenvalue weighted by atomic mass is 10.1. The molecular formula is C18H31N2O2+. The van der Waals surface area contributed by atoms with Crippen molar-refractivity contribution in [2.24, 2.45) is 0 Å². The van der Waals surface area contributed by atoms with Crippen molar-refractivity contribution in [3.05, 3.63) is 35.9 Å². The summed E-state index contributed by atoms with van der Waals surface area (Å²) in [5, 5.41) is 10.2. The van der Waals surface area contributed by atoms with Gasteiger partial charge in [-0.3, -0.25) is 4.90 Å². The van der Waals surface area contributed by atoms with Gasteiger partial charge in [0.05, 0.1) is 32.8 Å². The van der Waals surface area contributed by atoms with Crippen LogP contribution in [0, 0.1) is 0 Å². The molecule has 124 valence electrons. The number of hydrogen-bond acceptors (Lipinski definition) is 3. The van der Waals surface area contributed by atoms with Crippen LogP contribution in [0.2, 0.25) is 0 Å². The van der Waals surface area contributed by atoms with E-state index in [4.69, 9.17) is 4.74 Å². The van der Waals surface area contributed by atoms with Crippen LogP contribution in [0.3, 0.4) is 0 Å². The SMILES string of the molecule is CC(C)OCC(O)C[N+]1(C)CCN(Cc2ccccc2)CC1. The Balaban J connectivity index is 1.75. The van der Waals surface area contributed by atoms with E-state index in [0.29, 0.717) is 6.61 Å². The highest BCUT2D eigenvalue weighted by Gasteiger charge is 2.31. The average molecular weight is 307 g/mol. The van der Waals surface area contributed by atoms with Crippen molar-refractivity contribution in [3.8, 4) is 0 Å². The van der Waals surface area contributed by atoms with Crippen molar-refractivity contribution in [1.29, 1.82) is 0 Å². The minimum absolute atomic E-state index is 0.183. The second-order valence-corrected chi connectivity index (χ2v) is 7.05. The van der Waals surface area contributed by atoms with Crippen LogP contribution in [-0.4, -0.2) is 73.1 Å². The molecule has 1 N–H and O–H groups in total. The molecule has 1 aliphatic rings. The van der Waals surface area contributed by atoms with Gasteiger partial charge in [0.2, 0.25) is 0 Å². The number of hydrogen-bond donors (Lipinski definition) is 1. The molecule has 0 aliphatic carbocycles. The fraction of sp³-hybridized carbons (Fsp3) is 0.667. The molecule has 1 saturated heterocycles. The van der Waals surface area contributed by atoms with Crippen LogP contribution in [0.25, 0.3) is 0 Å². The first kappa shape index (κ1) is 17.4. The summed E-state index contributed by atoms with van der Waals surface area (Å²) in [6.07, 6.45) is -0.184. The third-order valence-corrected chi connectivity index (χ3v) is 4.43. The quantitative estimate of drug-likeness (QED) is 0.779. The molecule has 1 aromatic rings. The molecule has 1 aromatic carbocycles. The van der Waals surface area contributed by atoms with E-state index in [1.165, 1.54) is 5.56 Å². The molecule has 22 heavy (non-hydrogen) atoms. The number of rotatable bonds is 7. The maximum Gasteiger partial charge on any atom is 0.126 e. The average Bonchev–Trinajstić information content (AvgIpc) is 2.49. The van der Waals surface area contributed by atoms with Gasteiger partial charge in [0.25, 0.3) is 0 Å². The molecule has 2 rings (SSSR count). The second kappa shape index (κ2) is 8.06. The van der Waals surface area contributed by atoms with Crippen LogP contribution < -0.4 is 0 Å². The second-order valence-electron chi connectivity index (χ2n) is 7.05. The summed E-state index contributed by atoms with van der Waals surface area (Å²) in [6, 6.07) is 10.6. The van der Waals surface area contributed by atoms with Crippen molar-refractivity contribution < 1.29 is 14.3 Å². The van der Waals surface area contributed by atoms with Crippen molar-refractivity contribution >= 4 is 0 Å². The number of benzene rings is 1. The summed E-state index contributed by atoms with van der Waals surface area (Å²) >= 11 is 0. The molecule has 4 nitrogen and oxygen atoms in total. The van der Waals surface area contributed by atoms with Crippen LogP contribution in [0.1, 0.15) is 19.4 Å². The van der Waals surface area contributed by atoms with Gasteiger partial charge >= 0.3 is 0 Å². The smallest absolute Gasteiger partial charge is 0.126 e. The number of aliphatic hydroxyl groups is 1. The lowest BCUT2D eigenvalue weighted by molar-refractivity contribution is -0.916. The molecule has 1 aliphatic heterocycles. The minimum Gasteiger partial charge on any atom is -0.385 e. The Labute approximate surface area is 134 Å². The van der Waals surface area contributed by atoms with Gasteiger partial charge in [-0.2, -0.15) is 0 Å². The molecule has 0 amide bonds. The van der Waals surface area contributed by atoms with E-state index in [1.807, 2.05) is 13.8 Å². The summed E-state index contributed by atoms with van der Waals surface area (Å²) in [5.74, 6) is 0. The largest absolute Gasteiger partial charge is 0.385 e. The predicted octanol–water partition coefficient (Wildman–Crippen LogP) is 1.73. The molecule has 4 heteroatoms. The van der Waals surface area contributed by atoms with Crippen LogP contribution >= 0.6 is 0 Å².